The fourth-order valence-electron chi connectivity index (χ4n) is 1.99. The van der Waals surface area contributed by atoms with Gasteiger partial charge in [-0.2, -0.15) is 0 Å². The first-order chi connectivity index (χ1) is 6.31. The van der Waals surface area contributed by atoms with E-state index in [1.165, 1.54) is 0 Å². The normalized spacial score (nSPS) is 28.2. The van der Waals surface area contributed by atoms with Gasteiger partial charge in [0.1, 0.15) is 0 Å². The Morgan fingerprint density at radius 2 is 2.07 bits per heavy atom. The summed E-state index contributed by atoms with van der Waals surface area (Å²) in [7, 11) is 0. The average molecular weight is 198 g/mol. The summed E-state index contributed by atoms with van der Waals surface area (Å²) in [6.45, 7) is 9.40. The molecule has 0 saturated carbocycles. The van der Waals surface area contributed by atoms with Gasteiger partial charge in [0, 0.05) is 18.5 Å². The molecule has 2 N–H and O–H groups in total. The molecule has 1 rings (SSSR count). The van der Waals surface area contributed by atoms with E-state index in [1.807, 2.05) is 25.7 Å². The van der Waals surface area contributed by atoms with E-state index >= 15 is 0 Å². The highest BCUT2D eigenvalue weighted by molar-refractivity contribution is 5.82. The van der Waals surface area contributed by atoms with E-state index in [0.29, 0.717) is 6.54 Å². The molecule has 0 aliphatic carbocycles. The van der Waals surface area contributed by atoms with Gasteiger partial charge in [-0.15, -0.1) is 0 Å². The van der Waals surface area contributed by atoms with Crippen LogP contribution < -0.4 is 5.73 Å². The zero-order valence-electron chi connectivity index (χ0n) is 9.76. The van der Waals surface area contributed by atoms with Crippen molar-refractivity contribution in [3.63, 3.8) is 0 Å². The van der Waals surface area contributed by atoms with E-state index in [4.69, 9.17) is 5.73 Å². The predicted molar refractivity (Wildman–Crippen MR) is 57.9 cm³/mol. The summed E-state index contributed by atoms with van der Waals surface area (Å²) in [6.07, 6.45) is 2.11. The van der Waals surface area contributed by atoms with E-state index in [9.17, 15) is 4.79 Å². The zero-order chi connectivity index (χ0) is 11.0. The molecule has 1 aliphatic heterocycles. The second-order valence-corrected chi connectivity index (χ2v) is 5.51. The van der Waals surface area contributed by atoms with Crippen molar-refractivity contribution in [3.8, 4) is 0 Å². The van der Waals surface area contributed by atoms with Crippen LogP contribution in [0.2, 0.25) is 0 Å². The molecular weight excluding hydrogens is 176 g/mol. The number of rotatable bonds is 1. The lowest BCUT2D eigenvalue weighted by molar-refractivity contribution is -0.143. The average Bonchev–Trinajstić information content (AvgIpc) is 2.45. The van der Waals surface area contributed by atoms with Crippen molar-refractivity contribution >= 4 is 5.91 Å². The highest BCUT2D eigenvalue weighted by atomic mass is 16.2. The third-order valence-corrected chi connectivity index (χ3v) is 3.08. The maximum Gasteiger partial charge on any atom is 0.228 e. The molecule has 1 fully saturated rings. The van der Waals surface area contributed by atoms with Crippen molar-refractivity contribution in [1.82, 2.24) is 4.90 Å². The van der Waals surface area contributed by atoms with Crippen LogP contribution in [0.15, 0.2) is 0 Å². The summed E-state index contributed by atoms with van der Waals surface area (Å²) in [5, 5.41) is 0. The van der Waals surface area contributed by atoms with Crippen molar-refractivity contribution in [2.45, 2.75) is 46.1 Å². The summed E-state index contributed by atoms with van der Waals surface area (Å²) >= 11 is 0. The van der Waals surface area contributed by atoms with Gasteiger partial charge in [-0.3, -0.25) is 4.79 Å². The number of nitrogens with two attached hydrogens (primary N) is 1. The minimum absolute atomic E-state index is 0.107. The molecule has 1 aliphatic rings. The van der Waals surface area contributed by atoms with Gasteiger partial charge in [-0.05, 0) is 19.8 Å². The minimum atomic E-state index is -0.291. The van der Waals surface area contributed by atoms with Gasteiger partial charge in [0.2, 0.25) is 5.91 Å². The minimum Gasteiger partial charge on any atom is -0.336 e. The Kier molecular flexibility index (Phi) is 2.91. The number of carbonyl (C=O) groups excluding carboxylic acids is 1. The van der Waals surface area contributed by atoms with Gasteiger partial charge in [0.05, 0.1) is 5.54 Å². The van der Waals surface area contributed by atoms with Gasteiger partial charge in [-0.25, -0.2) is 0 Å². The summed E-state index contributed by atoms with van der Waals surface area (Å²) in [5.74, 6) is 0.225. The molecular formula is C11H22N2O. The monoisotopic (exact) mass is 198 g/mol. The second kappa shape index (κ2) is 3.54. The molecule has 0 aromatic heterocycles. The smallest absolute Gasteiger partial charge is 0.228 e. The summed E-state index contributed by atoms with van der Waals surface area (Å²) in [5.41, 5.74) is 5.35. The fraction of sp³-hybridized carbons (Fsp3) is 0.909. The number of amides is 1. The molecule has 1 atom stereocenters. The number of hydrogen-bond acceptors (Lipinski definition) is 2. The second-order valence-electron chi connectivity index (χ2n) is 5.51. The van der Waals surface area contributed by atoms with Gasteiger partial charge < -0.3 is 10.6 Å². The molecule has 14 heavy (non-hydrogen) atoms. The lowest BCUT2D eigenvalue weighted by Crippen LogP contribution is -2.53. The third kappa shape index (κ3) is 1.92. The van der Waals surface area contributed by atoms with Gasteiger partial charge in [0.25, 0.3) is 0 Å². The molecule has 1 heterocycles. The third-order valence-electron chi connectivity index (χ3n) is 3.08. The molecule has 1 unspecified atom stereocenters. The number of likely N-dealkylation sites (tertiary alicyclic amines) is 1. The molecule has 0 aromatic rings. The highest BCUT2D eigenvalue weighted by Crippen LogP contribution is 2.32. The van der Waals surface area contributed by atoms with Crippen molar-refractivity contribution in [2.24, 2.45) is 11.1 Å². The lowest BCUT2D eigenvalue weighted by atomic mass is 9.91. The number of carbonyl (C=O) groups is 1. The van der Waals surface area contributed by atoms with Crippen LogP contribution in [0.4, 0.5) is 0 Å². The van der Waals surface area contributed by atoms with E-state index in [2.05, 4.69) is 6.92 Å². The zero-order valence-corrected chi connectivity index (χ0v) is 9.76. The van der Waals surface area contributed by atoms with Gasteiger partial charge >= 0.3 is 0 Å². The first-order valence-electron chi connectivity index (χ1n) is 5.33. The van der Waals surface area contributed by atoms with Crippen LogP contribution in [-0.4, -0.2) is 29.4 Å². The Balaban J connectivity index is 2.83. The van der Waals surface area contributed by atoms with Crippen LogP contribution in [0.3, 0.4) is 0 Å². The Labute approximate surface area is 86.6 Å². The molecule has 3 heteroatoms. The SMILES string of the molecule is CC(C)(C)C(=O)N1CCCC1(C)CN. The molecule has 0 radical (unpaired) electrons. The molecule has 0 bridgehead atoms. The van der Waals surface area contributed by atoms with Crippen LogP contribution in [0.25, 0.3) is 0 Å². The summed E-state index contributed by atoms with van der Waals surface area (Å²) < 4.78 is 0. The fourth-order valence-corrected chi connectivity index (χ4v) is 1.99. The maximum absolute atomic E-state index is 12.1. The highest BCUT2D eigenvalue weighted by Gasteiger charge is 2.41. The topological polar surface area (TPSA) is 46.3 Å². The Morgan fingerprint density at radius 3 is 2.50 bits per heavy atom. The van der Waals surface area contributed by atoms with Crippen molar-refractivity contribution in [2.75, 3.05) is 13.1 Å². The summed E-state index contributed by atoms with van der Waals surface area (Å²) in [4.78, 5) is 14.1. The predicted octanol–water partition coefficient (Wildman–Crippen LogP) is 1.37. The summed E-state index contributed by atoms with van der Waals surface area (Å²) in [6, 6.07) is 0. The van der Waals surface area contributed by atoms with Crippen LogP contribution in [0, 0.1) is 5.41 Å². The van der Waals surface area contributed by atoms with Crippen LogP contribution in [0.5, 0.6) is 0 Å². The molecule has 1 saturated heterocycles. The first-order valence-corrected chi connectivity index (χ1v) is 5.33. The van der Waals surface area contributed by atoms with Crippen LogP contribution in [-0.2, 0) is 4.79 Å². The Morgan fingerprint density at radius 1 is 1.50 bits per heavy atom. The number of hydrogen-bond donors (Lipinski definition) is 1. The molecule has 82 valence electrons. The van der Waals surface area contributed by atoms with E-state index in [1.54, 1.807) is 0 Å². The molecule has 1 amide bonds. The Bertz CT molecular complexity index is 232. The van der Waals surface area contributed by atoms with Crippen LogP contribution in [0.1, 0.15) is 40.5 Å². The van der Waals surface area contributed by atoms with E-state index in [0.717, 1.165) is 19.4 Å². The quantitative estimate of drug-likeness (QED) is 0.691. The largest absolute Gasteiger partial charge is 0.336 e. The van der Waals surface area contributed by atoms with E-state index in [-0.39, 0.29) is 16.9 Å². The van der Waals surface area contributed by atoms with Gasteiger partial charge in [0.15, 0.2) is 0 Å². The lowest BCUT2D eigenvalue weighted by Gasteiger charge is -2.38. The standard InChI is InChI=1S/C11H22N2O/c1-10(2,3)9(14)13-7-5-6-11(13,4)8-12/h5-8,12H2,1-4H3. The molecule has 0 aromatic carbocycles. The molecule has 0 spiro atoms. The van der Waals surface area contributed by atoms with Crippen molar-refractivity contribution in [1.29, 1.82) is 0 Å². The van der Waals surface area contributed by atoms with Crippen LogP contribution >= 0.6 is 0 Å². The van der Waals surface area contributed by atoms with Crippen molar-refractivity contribution in [3.05, 3.63) is 0 Å². The first kappa shape index (κ1) is 11.5. The van der Waals surface area contributed by atoms with E-state index < -0.39 is 0 Å². The number of nitrogens with zero attached hydrogens (tertiary/aromatic N) is 1. The van der Waals surface area contributed by atoms with Crippen molar-refractivity contribution < 1.29 is 4.79 Å². The van der Waals surface area contributed by atoms with Gasteiger partial charge in [-0.1, -0.05) is 20.8 Å². The maximum atomic E-state index is 12.1. The Hall–Kier alpha value is -0.570. The molecule has 3 nitrogen and oxygen atoms in total.